The second-order valence-electron chi connectivity index (χ2n) is 5.71. The second kappa shape index (κ2) is 7.39. The van der Waals surface area contributed by atoms with Crippen LogP contribution in [0.25, 0.3) is 10.9 Å². The summed E-state index contributed by atoms with van der Waals surface area (Å²) in [4.78, 5) is 4.40. The first kappa shape index (κ1) is 15.0. The van der Waals surface area contributed by atoms with Crippen molar-refractivity contribution in [2.45, 2.75) is 46.1 Å². The maximum atomic E-state index is 4.40. The van der Waals surface area contributed by atoms with Crippen molar-refractivity contribution >= 4 is 10.9 Å². The van der Waals surface area contributed by atoms with Gasteiger partial charge >= 0.3 is 0 Å². The van der Waals surface area contributed by atoms with E-state index in [1.54, 1.807) is 0 Å². The summed E-state index contributed by atoms with van der Waals surface area (Å²) in [6.07, 6.45) is 5.46. The molecule has 0 radical (unpaired) electrons. The van der Waals surface area contributed by atoms with Crippen molar-refractivity contribution < 1.29 is 0 Å². The lowest BCUT2D eigenvalue weighted by Crippen LogP contribution is -2.24. The predicted molar refractivity (Wildman–Crippen MR) is 86.8 cm³/mol. The summed E-state index contributed by atoms with van der Waals surface area (Å²) < 4.78 is 0. The molecule has 0 aliphatic heterocycles. The highest BCUT2D eigenvalue weighted by Crippen LogP contribution is 2.25. The van der Waals surface area contributed by atoms with E-state index < -0.39 is 0 Å². The van der Waals surface area contributed by atoms with Gasteiger partial charge in [0, 0.05) is 17.6 Å². The molecule has 0 saturated heterocycles. The molecule has 2 rings (SSSR count). The van der Waals surface area contributed by atoms with Gasteiger partial charge in [-0.2, -0.15) is 0 Å². The Kier molecular flexibility index (Phi) is 5.54. The van der Waals surface area contributed by atoms with Crippen molar-refractivity contribution in [3.63, 3.8) is 0 Å². The number of nitrogens with zero attached hydrogens (tertiary/aromatic N) is 1. The molecule has 2 atom stereocenters. The number of nitrogens with one attached hydrogen (secondary N) is 1. The molecule has 0 fully saturated rings. The van der Waals surface area contributed by atoms with Crippen molar-refractivity contribution in [1.82, 2.24) is 10.3 Å². The van der Waals surface area contributed by atoms with Crippen LogP contribution in [0.5, 0.6) is 0 Å². The summed E-state index contributed by atoms with van der Waals surface area (Å²) in [5, 5.41) is 4.93. The smallest absolute Gasteiger partial charge is 0.0702 e. The molecule has 1 heterocycles. The SMILES string of the molecule is CCCNC(CC(C)CC)c1ccc2ncccc2c1. The Morgan fingerprint density at radius 1 is 1.20 bits per heavy atom. The first-order valence-electron chi connectivity index (χ1n) is 7.82. The Labute approximate surface area is 122 Å². The van der Waals surface area contributed by atoms with Crippen molar-refractivity contribution in [1.29, 1.82) is 0 Å². The molecule has 0 amide bonds. The number of benzene rings is 1. The molecular formula is C18H26N2. The van der Waals surface area contributed by atoms with E-state index in [0.717, 1.165) is 18.0 Å². The van der Waals surface area contributed by atoms with E-state index in [-0.39, 0.29) is 0 Å². The summed E-state index contributed by atoms with van der Waals surface area (Å²) in [7, 11) is 0. The number of hydrogen-bond acceptors (Lipinski definition) is 2. The predicted octanol–water partition coefficient (Wildman–Crippen LogP) is 4.71. The third-order valence-electron chi connectivity index (χ3n) is 4.01. The standard InChI is InChI=1S/C18H26N2/c1-4-10-19-18(12-14(3)5-2)16-8-9-17-15(13-16)7-6-11-20-17/h6-9,11,13-14,18-19H,4-5,10,12H2,1-3H3. The van der Waals surface area contributed by atoms with E-state index in [9.17, 15) is 0 Å². The van der Waals surface area contributed by atoms with Gasteiger partial charge in [-0.3, -0.25) is 4.98 Å². The van der Waals surface area contributed by atoms with Gasteiger partial charge in [0.15, 0.2) is 0 Å². The molecule has 1 N–H and O–H groups in total. The van der Waals surface area contributed by atoms with E-state index in [1.165, 1.54) is 30.2 Å². The van der Waals surface area contributed by atoms with Crippen LogP contribution in [0, 0.1) is 5.92 Å². The third-order valence-corrected chi connectivity index (χ3v) is 4.01. The lowest BCUT2D eigenvalue weighted by Gasteiger charge is -2.22. The molecule has 0 saturated carbocycles. The zero-order valence-corrected chi connectivity index (χ0v) is 12.9. The lowest BCUT2D eigenvalue weighted by molar-refractivity contribution is 0.402. The Hall–Kier alpha value is -1.41. The van der Waals surface area contributed by atoms with Gasteiger partial charge in [0.2, 0.25) is 0 Å². The highest BCUT2D eigenvalue weighted by molar-refractivity contribution is 5.79. The number of fused-ring (bicyclic) bond motifs is 1. The molecule has 1 aromatic carbocycles. The van der Waals surface area contributed by atoms with Gasteiger partial charge < -0.3 is 5.32 Å². The van der Waals surface area contributed by atoms with Crippen LogP contribution >= 0.6 is 0 Å². The third kappa shape index (κ3) is 3.80. The van der Waals surface area contributed by atoms with Crippen LogP contribution in [0.1, 0.15) is 51.6 Å². The molecule has 108 valence electrons. The molecule has 2 nitrogen and oxygen atoms in total. The summed E-state index contributed by atoms with van der Waals surface area (Å²) >= 11 is 0. The van der Waals surface area contributed by atoms with E-state index in [0.29, 0.717) is 6.04 Å². The van der Waals surface area contributed by atoms with Gasteiger partial charge in [0.25, 0.3) is 0 Å². The van der Waals surface area contributed by atoms with Gasteiger partial charge in [-0.15, -0.1) is 0 Å². The lowest BCUT2D eigenvalue weighted by atomic mass is 9.93. The fourth-order valence-corrected chi connectivity index (χ4v) is 2.54. The molecule has 20 heavy (non-hydrogen) atoms. The van der Waals surface area contributed by atoms with Crippen molar-refractivity contribution in [2.75, 3.05) is 6.54 Å². The Morgan fingerprint density at radius 3 is 2.80 bits per heavy atom. The maximum absolute atomic E-state index is 4.40. The van der Waals surface area contributed by atoms with Gasteiger partial charge in [-0.25, -0.2) is 0 Å². The molecule has 2 heteroatoms. The quantitative estimate of drug-likeness (QED) is 0.788. The topological polar surface area (TPSA) is 24.9 Å². The molecule has 0 spiro atoms. The molecule has 1 aromatic heterocycles. The van der Waals surface area contributed by atoms with Crippen molar-refractivity contribution in [3.8, 4) is 0 Å². The average molecular weight is 270 g/mol. The summed E-state index contributed by atoms with van der Waals surface area (Å²) in [6, 6.07) is 11.3. The number of hydrogen-bond donors (Lipinski definition) is 1. The highest BCUT2D eigenvalue weighted by Gasteiger charge is 2.14. The van der Waals surface area contributed by atoms with Gasteiger partial charge in [0.1, 0.15) is 0 Å². The van der Waals surface area contributed by atoms with Crippen LogP contribution < -0.4 is 5.32 Å². The van der Waals surface area contributed by atoms with E-state index in [2.05, 4.69) is 55.3 Å². The van der Waals surface area contributed by atoms with Gasteiger partial charge in [-0.05, 0) is 49.1 Å². The molecular weight excluding hydrogens is 244 g/mol. The molecule has 2 aromatic rings. The Bertz CT molecular complexity index is 536. The first-order valence-corrected chi connectivity index (χ1v) is 7.82. The summed E-state index contributed by atoms with van der Waals surface area (Å²) in [6.45, 7) is 7.90. The van der Waals surface area contributed by atoms with Crippen LogP contribution in [0.15, 0.2) is 36.5 Å². The Balaban J connectivity index is 2.24. The van der Waals surface area contributed by atoms with Gasteiger partial charge in [-0.1, -0.05) is 39.3 Å². The van der Waals surface area contributed by atoms with Gasteiger partial charge in [0.05, 0.1) is 5.52 Å². The minimum atomic E-state index is 0.453. The van der Waals surface area contributed by atoms with Crippen molar-refractivity contribution in [2.24, 2.45) is 5.92 Å². The van der Waals surface area contributed by atoms with Crippen LogP contribution in [-0.2, 0) is 0 Å². The van der Waals surface area contributed by atoms with E-state index in [1.807, 2.05) is 12.3 Å². The molecule has 2 unspecified atom stereocenters. The molecule has 0 bridgehead atoms. The highest BCUT2D eigenvalue weighted by atomic mass is 14.9. The van der Waals surface area contributed by atoms with Crippen LogP contribution in [0.3, 0.4) is 0 Å². The first-order chi connectivity index (χ1) is 9.74. The van der Waals surface area contributed by atoms with E-state index >= 15 is 0 Å². The van der Waals surface area contributed by atoms with Crippen molar-refractivity contribution in [3.05, 3.63) is 42.1 Å². The number of rotatable bonds is 7. The summed E-state index contributed by atoms with van der Waals surface area (Å²) in [5.41, 5.74) is 2.47. The second-order valence-corrected chi connectivity index (χ2v) is 5.71. The van der Waals surface area contributed by atoms with Crippen LogP contribution in [0.4, 0.5) is 0 Å². The Morgan fingerprint density at radius 2 is 2.05 bits per heavy atom. The number of aromatic nitrogens is 1. The average Bonchev–Trinajstić information content (AvgIpc) is 2.50. The minimum Gasteiger partial charge on any atom is -0.310 e. The molecule has 0 aliphatic rings. The van der Waals surface area contributed by atoms with Crippen LogP contribution in [0.2, 0.25) is 0 Å². The van der Waals surface area contributed by atoms with Crippen LogP contribution in [-0.4, -0.2) is 11.5 Å². The minimum absolute atomic E-state index is 0.453. The number of pyridine rings is 1. The summed E-state index contributed by atoms with van der Waals surface area (Å²) in [5.74, 6) is 0.744. The normalized spacial score (nSPS) is 14.3. The van der Waals surface area contributed by atoms with E-state index in [4.69, 9.17) is 0 Å². The maximum Gasteiger partial charge on any atom is 0.0702 e. The molecule has 0 aliphatic carbocycles. The fraction of sp³-hybridized carbons (Fsp3) is 0.500. The fourth-order valence-electron chi connectivity index (χ4n) is 2.54. The monoisotopic (exact) mass is 270 g/mol. The zero-order chi connectivity index (χ0) is 14.4. The zero-order valence-electron chi connectivity index (χ0n) is 12.9. The largest absolute Gasteiger partial charge is 0.310 e.